The van der Waals surface area contributed by atoms with Crippen molar-refractivity contribution in [3.63, 3.8) is 0 Å². The lowest BCUT2D eigenvalue weighted by molar-refractivity contribution is 0.0970. The molecule has 2 atom stereocenters. The first-order chi connectivity index (χ1) is 5.25. The van der Waals surface area contributed by atoms with Crippen LogP contribution in [0.3, 0.4) is 0 Å². The van der Waals surface area contributed by atoms with Gasteiger partial charge in [-0.2, -0.15) is 0 Å². The third-order valence-electron chi connectivity index (χ3n) is 3.06. The molecule has 3 heteroatoms. The van der Waals surface area contributed by atoms with Gasteiger partial charge in [-0.05, 0) is 31.2 Å². The van der Waals surface area contributed by atoms with Crippen molar-refractivity contribution >= 4 is 0 Å². The summed E-state index contributed by atoms with van der Waals surface area (Å²) in [5.41, 5.74) is 0.00637. The molecule has 2 aliphatic rings. The van der Waals surface area contributed by atoms with Crippen molar-refractivity contribution in [2.45, 2.75) is 25.7 Å². The van der Waals surface area contributed by atoms with Crippen LogP contribution in [-0.4, -0.2) is 19.5 Å². The van der Waals surface area contributed by atoms with E-state index in [1.807, 2.05) is 0 Å². The highest BCUT2D eigenvalue weighted by Gasteiger charge is 2.58. The predicted molar refractivity (Wildman–Crippen MR) is 38.6 cm³/mol. The Bertz CT molecular complexity index is 152. The van der Waals surface area contributed by atoms with E-state index in [9.17, 15) is 8.78 Å². The third-order valence-corrected chi connectivity index (χ3v) is 3.06. The molecule has 1 nitrogen and oxygen atoms in total. The number of piperidine rings is 1. The molecule has 0 amide bonds. The van der Waals surface area contributed by atoms with Crippen LogP contribution in [-0.2, 0) is 0 Å². The number of rotatable bonds is 1. The van der Waals surface area contributed by atoms with Gasteiger partial charge in [-0.3, -0.25) is 0 Å². The highest BCUT2D eigenvalue weighted by atomic mass is 19.3. The van der Waals surface area contributed by atoms with Crippen molar-refractivity contribution < 1.29 is 8.78 Å². The minimum Gasteiger partial charge on any atom is -0.316 e. The lowest BCUT2D eigenvalue weighted by Crippen LogP contribution is -2.33. The van der Waals surface area contributed by atoms with E-state index in [0.29, 0.717) is 0 Å². The number of hydrogen-bond acceptors (Lipinski definition) is 1. The summed E-state index contributed by atoms with van der Waals surface area (Å²) < 4.78 is 24.4. The fourth-order valence-corrected chi connectivity index (χ4v) is 2.22. The van der Waals surface area contributed by atoms with Crippen LogP contribution in [0.15, 0.2) is 0 Å². The second-order valence-corrected chi connectivity index (χ2v) is 3.79. The van der Waals surface area contributed by atoms with E-state index in [2.05, 4.69) is 5.32 Å². The fourth-order valence-electron chi connectivity index (χ4n) is 2.22. The van der Waals surface area contributed by atoms with Crippen LogP contribution < -0.4 is 5.32 Å². The van der Waals surface area contributed by atoms with Gasteiger partial charge < -0.3 is 5.32 Å². The molecule has 0 aromatic rings. The molecular formula is C8H13F2N. The second-order valence-electron chi connectivity index (χ2n) is 3.79. The van der Waals surface area contributed by atoms with E-state index < -0.39 is 6.43 Å². The minimum absolute atomic E-state index is 0.00637. The van der Waals surface area contributed by atoms with E-state index in [0.717, 1.165) is 32.4 Å². The zero-order valence-electron chi connectivity index (χ0n) is 6.45. The molecule has 1 aliphatic carbocycles. The Morgan fingerprint density at radius 3 is 2.73 bits per heavy atom. The second kappa shape index (κ2) is 2.41. The SMILES string of the molecule is FC(F)C1CC12CCCNC2. The summed E-state index contributed by atoms with van der Waals surface area (Å²) in [4.78, 5) is 0. The minimum atomic E-state index is -2.09. The largest absolute Gasteiger partial charge is 0.316 e. The molecule has 2 unspecified atom stereocenters. The summed E-state index contributed by atoms with van der Waals surface area (Å²) in [6.45, 7) is 1.83. The first kappa shape index (κ1) is 7.47. The van der Waals surface area contributed by atoms with Crippen molar-refractivity contribution in [3.8, 4) is 0 Å². The molecule has 0 radical (unpaired) electrons. The Hall–Kier alpha value is -0.180. The number of alkyl halides is 2. The molecule has 1 heterocycles. The molecule has 1 N–H and O–H groups in total. The zero-order chi connectivity index (χ0) is 7.90. The molecule has 0 bridgehead atoms. The smallest absolute Gasteiger partial charge is 0.242 e. The van der Waals surface area contributed by atoms with Gasteiger partial charge in [0.25, 0.3) is 0 Å². The van der Waals surface area contributed by atoms with Crippen molar-refractivity contribution in [1.82, 2.24) is 5.32 Å². The zero-order valence-corrected chi connectivity index (χ0v) is 6.45. The van der Waals surface area contributed by atoms with Crippen molar-refractivity contribution in [3.05, 3.63) is 0 Å². The van der Waals surface area contributed by atoms with Crippen LogP contribution >= 0.6 is 0 Å². The number of nitrogens with one attached hydrogen (secondary N) is 1. The van der Waals surface area contributed by atoms with Crippen LogP contribution in [0.25, 0.3) is 0 Å². The van der Waals surface area contributed by atoms with E-state index in [1.54, 1.807) is 0 Å². The topological polar surface area (TPSA) is 12.0 Å². The Morgan fingerprint density at radius 2 is 2.27 bits per heavy atom. The maximum Gasteiger partial charge on any atom is 0.242 e. The lowest BCUT2D eigenvalue weighted by Gasteiger charge is -2.23. The van der Waals surface area contributed by atoms with Crippen LogP contribution in [0.4, 0.5) is 8.78 Å². The van der Waals surface area contributed by atoms with E-state index >= 15 is 0 Å². The van der Waals surface area contributed by atoms with Gasteiger partial charge in [0.05, 0.1) is 0 Å². The summed E-state index contributed by atoms with van der Waals surface area (Å²) >= 11 is 0. The van der Waals surface area contributed by atoms with E-state index in [4.69, 9.17) is 0 Å². The predicted octanol–water partition coefficient (Wildman–Crippen LogP) is 1.64. The third kappa shape index (κ3) is 1.15. The Balaban J connectivity index is 1.93. The van der Waals surface area contributed by atoms with Gasteiger partial charge in [0.15, 0.2) is 0 Å². The highest BCUT2D eigenvalue weighted by molar-refractivity contribution is 5.06. The van der Waals surface area contributed by atoms with Crippen LogP contribution in [0.1, 0.15) is 19.3 Å². The first-order valence-corrected chi connectivity index (χ1v) is 4.23. The fraction of sp³-hybridized carbons (Fsp3) is 1.00. The average Bonchev–Trinajstić information content (AvgIpc) is 2.66. The summed E-state index contributed by atoms with van der Waals surface area (Å²) in [6, 6.07) is 0. The van der Waals surface area contributed by atoms with E-state index in [-0.39, 0.29) is 11.3 Å². The molecule has 2 rings (SSSR count). The molecule has 1 aliphatic heterocycles. The Kier molecular flexibility index (Phi) is 1.63. The Morgan fingerprint density at radius 1 is 1.45 bits per heavy atom. The van der Waals surface area contributed by atoms with Crippen molar-refractivity contribution in [1.29, 1.82) is 0 Å². The van der Waals surface area contributed by atoms with Crippen molar-refractivity contribution in [2.24, 2.45) is 11.3 Å². The van der Waals surface area contributed by atoms with Gasteiger partial charge >= 0.3 is 0 Å². The van der Waals surface area contributed by atoms with Gasteiger partial charge in [0, 0.05) is 12.5 Å². The van der Waals surface area contributed by atoms with Crippen LogP contribution in [0.5, 0.6) is 0 Å². The average molecular weight is 161 g/mol. The quantitative estimate of drug-likeness (QED) is 0.616. The van der Waals surface area contributed by atoms with Gasteiger partial charge in [0.2, 0.25) is 6.43 Å². The van der Waals surface area contributed by atoms with Gasteiger partial charge in [-0.15, -0.1) is 0 Å². The molecule has 2 fully saturated rings. The molecular weight excluding hydrogens is 148 g/mol. The summed E-state index contributed by atoms with van der Waals surface area (Å²) in [5.74, 6) is -0.296. The normalized spacial score (nSPS) is 43.4. The molecule has 0 aromatic carbocycles. The maximum atomic E-state index is 12.2. The Labute approximate surface area is 65.2 Å². The summed E-state index contributed by atoms with van der Waals surface area (Å²) in [6.07, 6.45) is 0.741. The van der Waals surface area contributed by atoms with Gasteiger partial charge in [0.1, 0.15) is 0 Å². The first-order valence-electron chi connectivity index (χ1n) is 4.23. The number of halogens is 2. The molecule has 11 heavy (non-hydrogen) atoms. The standard InChI is InChI=1S/C8H13F2N/c9-7(10)6-4-8(6)2-1-3-11-5-8/h6-7,11H,1-5H2. The monoisotopic (exact) mass is 161 g/mol. The van der Waals surface area contributed by atoms with Gasteiger partial charge in [-0.1, -0.05) is 0 Å². The maximum absolute atomic E-state index is 12.2. The molecule has 0 aromatic heterocycles. The van der Waals surface area contributed by atoms with Crippen LogP contribution in [0, 0.1) is 11.3 Å². The summed E-state index contributed by atoms with van der Waals surface area (Å²) in [7, 11) is 0. The lowest BCUT2D eigenvalue weighted by atomic mass is 9.94. The molecule has 1 spiro atoms. The molecule has 1 saturated carbocycles. The van der Waals surface area contributed by atoms with Crippen molar-refractivity contribution in [2.75, 3.05) is 13.1 Å². The molecule has 1 saturated heterocycles. The number of hydrogen-bond donors (Lipinski definition) is 1. The highest BCUT2D eigenvalue weighted by Crippen LogP contribution is 2.58. The van der Waals surface area contributed by atoms with Gasteiger partial charge in [-0.25, -0.2) is 8.78 Å². The van der Waals surface area contributed by atoms with E-state index in [1.165, 1.54) is 0 Å². The molecule has 64 valence electrons. The van der Waals surface area contributed by atoms with Crippen LogP contribution in [0.2, 0.25) is 0 Å². The summed E-state index contributed by atoms with van der Waals surface area (Å²) in [5, 5.41) is 3.19.